The van der Waals surface area contributed by atoms with Crippen molar-refractivity contribution in [3.63, 3.8) is 0 Å². The van der Waals surface area contributed by atoms with Gasteiger partial charge >= 0.3 is 0 Å². The second-order valence-electron chi connectivity index (χ2n) is 7.62. The Hall–Kier alpha value is -1.80. The highest BCUT2D eigenvalue weighted by molar-refractivity contribution is 9.10. The first kappa shape index (κ1) is 19.5. The molecular weight excluding hydrogens is 445 g/mol. The Morgan fingerprint density at radius 2 is 2.11 bits per heavy atom. The quantitative estimate of drug-likeness (QED) is 0.646. The van der Waals surface area contributed by atoms with Gasteiger partial charge in [0, 0.05) is 22.4 Å². The first-order valence-corrected chi connectivity index (χ1v) is 11.0. The summed E-state index contributed by atoms with van der Waals surface area (Å²) in [5.74, 6) is 0.262. The summed E-state index contributed by atoms with van der Waals surface area (Å²) < 4.78 is 20.8. The fourth-order valence-electron chi connectivity index (χ4n) is 4.31. The van der Waals surface area contributed by atoms with E-state index in [9.17, 15) is 4.79 Å². The SMILES string of the molecule is C[C@@]12CCCC[C@]1(c1cc(NC(=O)c3ccc(Br)o3)ccc1F)N=C(N)SC2. The number of nitrogens with zero attached hydrogens (tertiary/aromatic N) is 1. The Morgan fingerprint density at radius 3 is 2.86 bits per heavy atom. The van der Waals surface area contributed by atoms with Gasteiger partial charge in [0.25, 0.3) is 5.91 Å². The van der Waals surface area contributed by atoms with Crippen molar-refractivity contribution in [3.8, 4) is 0 Å². The van der Waals surface area contributed by atoms with Gasteiger partial charge in [0.15, 0.2) is 15.6 Å². The second-order valence-corrected chi connectivity index (χ2v) is 9.40. The number of fused-ring (bicyclic) bond motifs is 1. The number of rotatable bonds is 3. The number of anilines is 1. The average Bonchev–Trinajstić information content (AvgIpc) is 3.10. The van der Waals surface area contributed by atoms with Crippen LogP contribution in [0.1, 0.15) is 48.7 Å². The summed E-state index contributed by atoms with van der Waals surface area (Å²) in [6.45, 7) is 2.17. The molecule has 1 amide bonds. The molecule has 2 aliphatic rings. The standard InChI is InChI=1S/C20H21BrFN3O2S/c1-19-8-2-3-9-20(19,25-18(23)28-11-19)13-10-12(4-5-14(13)22)24-17(26)15-6-7-16(21)27-15/h4-7,10H,2-3,8-9,11H2,1H3,(H2,23,25)(H,24,26)/t19-,20+/m0/s1. The minimum Gasteiger partial charge on any atom is -0.444 e. The van der Waals surface area contributed by atoms with Crippen LogP contribution >= 0.6 is 27.7 Å². The number of carbonyl (C=O) groups excluding carboxylic acids is 1. The van der Waals surface area contributed by atoms with Gasteiger partial charge in [-0.3, -0.25) is 9.79 Å². The van der Waals surface area contributed by atoms with Gasteiger partial charge in [-0.1, -0.05) is 31.5 Å². The Kier molecular flexibility index (Phi) is 5.03. The molecule has 4 rings (SSSR count). The average molecular weight is 466 g/mol. The van der Waals surface area contributed by atoms with Crippen LogP contribution in [0.5, 0.6) is 0 Å². The molecule has 5 nitrogen and oxygen atoms in total. The molecule has 1 aromatic heterocycles. The van der Waals surface area contributed by atoms with E-state index in [1.54, 1.807) is 24.3 Å². The van der Waals surface area contributed by atoms with E-state index in [-0.39, 0.29) is 17.0 Å². The summed E-state index contributed by atoms with van der Waals surface area (Å²) in [6.07, 6.45) is 3.77. The van der Waals surface area contributed by atoms with Crippen molar-refractivity contribution in [1.82, 2.24) is 0 Å². The van der Waals surface area contributed by atoms with E-state index < -0.39 is 11.4 Å². The molecule has 1 fully saturated rings. The number of hydrogen-bond donors (Lipinski definition) is 2. The van der Waals surface area contributed by atoms with Crippen molar-refractivity contribution in [2.75, 3.05) is 11.1 Å². The van der Waals surface area contributed by atoms with Crippen molar-refractivity contribution < 1.29 is 13.6 Å². The molecule has 28 heavy (non-hydrogen) atoms. The molecule has 0 saturated heterocycles. The maximum absolute atomic E-state index is 15.0. The number of nitrogens with one attached hydrogen (secondary N) is 1. The lowest BCUT2D eigenvalue weighted by Crippen LogP contribution is -2.50. The van der Waals surface area contributed by atoms with Gasteiger partial charge in [-0.2, -0.15) is 0 Å². The highest BCUT2D eigenvalue weighted by atomic mass is 79.9. The summed E-state index contributed by atoms with van der Waals surface area (Å²) in [4.78, 5) is 17.2. The molecule has 0 unspecified atom stereocenters. The van der Waals surface area contributed by atoms with Crippen LogP contribution in [-0.2, 0) is 5.54 Å². The first-order valence-electron chi connectivity index (χ1n) is 9.18. The van der Waals surface area contributed by atoms with E-state index >= 15 is 4.39 Å². The largest absolute Gasteiger partial charge is 0.444 e. The van der Waals surface area contributed by atoms with E-state index in [1.807, 2.05) is 0 Å². The van der Waals surface area contributed by atoms with Crippen molar-refractivity contribution in [2.45, 2.75) is 38.1 Å². The third-order valence-electron chi connectivity index (χ3n) is 5.82. The predicted octanol–water partition coefficient (Wildman–Crippen LogP) is 5.27. The van der Waals surface area contributed by atoms with Crippen LogP contribution in [0.15, 0.2) is 44.4 Å². The zero-order valence-corrected chi connectivity index (χ0v) is 17.8. The van der Waals surface area contributed by atoms with E-state index in [2.05, 4.69) is 28.2 Å². The zero-order valence-electron chi connectivity index (χ0n) is 15.4. The van der Waals surface area contributed by atoms with E-state index in [0.717, 1.165) is 31.4 Å². The number of thioether (sulfide) groups is 1. The van der Waals surface area contributed by atoms with Crippen LogP contribution in [0.3, 0.4) is 0 Å². The molecule has 1 aromatic carbocycles. The van der Waals surface area contributed by atoms with E-state index in [0.29, 0.717) is 21.1 Å². The summed E-state index contributed by atoms with van der Waals surface area (Å²) >= 11 is 4.72. The molecule has 1 aliphatic heterocycles. The van der Waals surface area contributed by atoms with Gasteiger partial charge in [0.05, 0.1) is 5.54 Å². The monoisotopic (exact) mass is 465 g/mol. The third kappa shape index (κ3) is 3.26. The number of amides is 1. The molecule has 0 radical (unpaired) electrons. The molecule has 2 aromatic rings. The molecule has 1 aliphatic carbocycles. The highest BCUT2D eigenvalue weighted by Crippen LogP contribution is 2.57. The third-order valence-corrected chi connectivity index (χ3v) is 7.42. The minimum atomic E-state index is -0.709. The Balaban J connectivity index is 1.74. The number of hydrogen-bond acceptors (Lipinski definition) is 5. The number of benzene rings is 1. The van der Waals surface area contributed by atoms with Gasteiger partial charge in [0.1, 0.15) is 5.82 Å². The molecule has 2 atom stereocenters. The topological polar surface area (TPSA) is 80.6 Å². The van der Waals surface area contributed by atoms with Crippen molar-refractivity contribution in [2.24, 2.45) is 16.1 Å². The summed E-state index contributed by atoms with van der Waals surface area (Å²) in [7, 11) is 0. The van der Waals surface area contributed by atoms with E-state index in [1.165, 1.54) is 17.8 Å². The number of carbonyl (C=O) groups is 1. The van der Waals surface area contributed by atoms with Crippen LogP contribution in [0.2, 0.25) is 0 Å². The zero-order chi connectivity index (χ0) is 19.9. The number of halogens is 2. The van der Waals surface area contributed by atoms with Crippen molar-refractivity contribution >= 4 is 44.5 Å². The van der Waals surface area contributed by atoms with Crippen LogP contribution < -0.4 is 11.1 Å². The van der Waals surface area contributed by atoms with Gasteiger partial charge in [-0.25, -0.2) is 4.39 Å². The summed E-state index contributed by atoms with van der Waals surface area (Å²) in [5, 5.41) is 3.28. The molecule has 1 saturated carbocycles. The van der Waals surface area contributed by atoms with Gasteiger partial charge in [-0.15, -0.1) is 0 Å². The van der Waals surface area contributed by atoms with Gasteiger partial charge in [0.2, 0.25) is 0 Å². The van der Waals surface area contributed by atoms with Gasteiger partial charge < -0.3 is 15.5 Å². The maximum Gasteiger partial charge on any atom is 0.291 e. The molecular formula is C20H21BrFN3O2S. The number of amidine groups is 1. The molecule has 148 valence electrons. The lowest BCUT2D eigenvalue weighted by molar-refractivity contribution is 0.0991. The summed E-state index contributed by atoms with van der Waals surface area (Å²) in [6, 6.07) is 7.86. The Morgan fingerprint density at radius 1 is 1.32 bits per heavy atom. The Bertz CT molecular complexity index is 963. The predicted molar refractivity (Wildman–Crippen MR) is 113 cm³/mol. The Labute approximate surface area is 175 Å². The number of aliphatic imine (C=N–C) groups is 1. The fourth-order valence-corrected chi connectivity index (χ4v) is 5.69. The van der Waals surface area contributed by atoms with Crippen LogP contribution in [0.4, 0.5) is 10.1 Å². The molecule has 2 heterocycles. The maximum atomic E-state index is 15.0. The molecule has 0 spiro atoms. The van der Waals surface area contributed by atoms with Crippen molar-refractivity contribution in [1.29, 1.82) is 0 Å². The second kappa shape index (κ2) is 7.22. The summed E-state index contributed by atoms with van der Waals surface area (Å²) in [5.41, 5.74) is 6.18. The highest BCUT2D eigenvalue weighted by Gasteiger charge is 2.54. The molecule has 3 N–H and O–H groups in total. The minimum absolute atomic E-state index is 0.176. The fraction of sp³-hybridized carbons (Fsp3) is 0.400. The van der Waals surface area contributed by atoms with Gasteiger partial charge in [-0.05, 0) is 59.1 Å². The lowest BCUT2D eigenvalue weighted by Gasteiger charge is -2.52. The lowest BCUT2D eigenvalue weighted by atomic mass is 9.60. The smallest absolute Gasteiger partial charge is 0.291 e. The number of furan rings is 1. The van der Waals surface area contributed by atoms with E-state index in [4.69, 9.17) is 15.1 Å². The molecule has 0 bridgehead atoms. The normalized spacial score (nSPS) is 27.0. The van der Waals surface area contributed by atoms with Crippen molar-refractivity contribution in [3.05, 3.63) is 52.1 Å². The van der Waals surface area contributed by atoms with Crippen LogP contribution in [0, 0.1) is 11.2 Å². The van der Waals surface area contributed by atoms with Crippen LogP contribution in [-0.4, -0.2) is 16.8 Å². The number of nitrogens with two attached hydrogens (primary N) is 1. The van der Waals surface area contributed by atoms with Crippen LogP contribution in [0.25, 0.3) is 0 Å². The molecule has 8 heteroatoms. The first-order chi connectivity index (χ1) is 13.3.